The number of hydrogen-bond acceptors (Lipinski definition) is 3. The Morgan fingerprint density at radius 2 is 2.05 bits per heavy atom. The van der Waals surface area contributed by atoms with E-state index in [1.54, 1.807) is 19.2 Å². The highest BCUT2D eigenvalue weighted by molar-refractivity contribution is 5.79. The van der Waals surface area contributed by atoms with Crippen LogP contribution in [0.25, 0.3) is 11.0 Å². The second-order valence-electron chi connectivity index (χ2n) is 4.95. The van der Waals surface area contributed by atoms with Crippen LogP contribution in [0.2, 0.25) is 0 Å². The zero-order chi connectivity index (χ0) is 14.3. The molecule has 0 saturated carbocycles. The molecule has 20 heavy (non-hydrogen) atoms. The largest absolute Gasteiger partial charge is 0.369 e. The van der Waals surface area contributed by atoms with Crippen molar-refractivity contribution in [3.63, 3.8) is 0 Å². The normalized spacial score (nSPS) is 11.2. The van der Waals surface area contributed by atoms with Gasteiger partial charge in [-0.1, -0.05) is 0 Å². The van der Waals surface area contributed by atoms with Crippen LogP contribution in [0.4, 0.5) is 10.3 Å². The minimum absolute atomic E-state index is 0.262. The van der Waals surface area contributed by atoms with E-state index >= 15 is 0 Å². The molecule has 2 heterocycles. The molecule has 4 nitrogen and oxygen atoms in total. The highest BCUT2D eigenvalue weighted by Gasteiger charge is 2.12. The van der Waals surface area contributed by atoms with Gasteiger partial charge in [0.1, 0.15) is 5.82 Å². The lowest BCUT2D eigenvalue weighted by molar-refractivity contribution is 0.620. The third-order valence-corrected chi connectivity index (χ3v) is 3.52. The van der Waals surface area contributed by atoms with Crippen LogP contribution >= 0.6 is 0 Å². The van der Waals surface area contributed by atoms with Crippen LogP contribution in [-0.4, -0.2) is 14.5 Å². The number of hydrogen-bond donors (Lipinski definition) is 1. The quantitative estimate of drug-likeness (QED) is 0.779. The number of fused-ring (bicyclic) bond motifs is 1. The predicted molar refractivity (Wildman–Crippen MR) is 76.9 cm³/mol. The van der Waals surface area contributed by atoms with Crippen molar-refractivity contribution in [3.05, 3.63) is 53.1 Å². The molecule has 0 amide bonds. The molecule has 1 aromatic carbocycles. The molecule has 102 valence electrons. The maximum absolute atomic E-state index is 13.6. The predicted octanol–water partition coefficient (Wildman–Crippen LogP) is 2.82. The van der Waals surface area contributed by atoms with Gasteiger partial charge in [0, 0.05) is 18.5 Å². The number of benzene rings is 1. The lowest BCUT2D eigenvalue weighted by atomic mass is 10.1. The molecule has 5 heteroatoms. The van der Waals surface area contributed by atoms with Crippen molar-refractivity contribution in [1.82, 2.24) is 14.5 Å². The standard InChI is InChI=1S/C15H15FN4/c1-9-5-14-13(6-12(9)16)19-15(17)20(14)8-11-3-4-18-7-10(11)2/h3-7H,8H2,1-2H3,(H2,17,19). The summed E-state index contributed by atoms with van der Waals surface area (Å²) in [6, 6.07) is 5.17. The smallest absolute Gasteiger partial charge is 0.201 e. The van der Waals surface area contributed by atoms with Crippen LogP contribution < -0.4 is 5.73 Å². The molecule has 0 atom stereocenters. The zero-order valence-electron chi connectivity index (χ0n) is 11.4. The van der Waals surface area contributed by atoms with Crippen molar-refractivity contribution < 1.29 is 4.39 Å². The lowest BCUT2D eigenvalue weighted by Gasteiger charge is -2.09. The lowest BCUT2D eigenvalue weighted by Crippen LogP contribution is -2.06. The van der Waals surface area contributed by atoms with Crippen molar-refractivity contribution in [2.45, 2.75) is 20.4 Å². The van der Waals surface area contributed by atoms with Crippen LogP contribution in [0.15, 0.2) is 30.6 Å². The van der Waals surface area contributed by atoms with Crippen molar-refractivity contribution in [3.8, 4) is 0 Å². The number of rotatable bonds is 2. The molecule has 0 fully saturated rings. The first-order chi connectivity index (χ1) is 9.56. The van der Waals surface area contributed by atoms with E-state index in [9.17, 15) is 4.39 Å². The number of imidazole rings is 1. The van der Waals surface area contributed by atoms with Gasteiger partial charge in [-0.15, -0.1) is 0 Å². The average molecular weight is 270 g/mol. The number of nitrogens with two attached hydrogens (primary N) is 1. The Hall–Kier alpha value is -2.43. The third kappa shape index (κ3) is 2.01. The summed E-state index contributed by atoms with van der Waals surface area (Å²) in [5.41, 5.74) is 10.2. The first-order valence-electron chi connectivity index (χ1n) is 6.37. The van der Waals surface area contributed by atoms with Crippen LogP contribution in [0.5, 0.6) is 0 Å². The van der Waals surface area contributed by atoms with Gasteiger partial charge in [0.05, 0.1) is 17.6 Å². The first-order valence-corrected chi connectivity index (χ1v) is 6.37. The summed E-state index contributed by atoms with van der Waals surface area (Å²) in [5.74, 6) is 0.128. The molecule has 0 spiro atoms. The summed E-state index contributed by atoms with van der Waals surface area (Å²) in [6.45, 7) is 4.34. The number of aryl methyl sites for hydroxylation is 2. The maximum Gasteiger partial charge on any atom is 0.201 e. The number of halogens is 1. The highest BCUT2D eigenvalue weighted by Crippen LogP contribution is 2.23. The van der Waals surface area contributed by atoms with Crippen LogP contribution in [-0.2, 0) is 6.54 Å². The fourth-order valence-electron chi connectivity index (χ4n) is 2.28. The van der Waals surface area contributed by atoms with Gasteiger partial charge in [-0.3, -0.25) is 4.98 Å². The van der Waals surface area contributed by atoms with Crippen molar-refractivity contribution in [1.29, 1.82) is 0 Å². The topological polar surface area (TPSA) is 56.7 Å². The van der Waals surface area contributed by atoms with Crippen molar-refractivity contribution in [2.75, 3.05) is 5.73 Å². The Bertz CT molecular complexity index is 792. The molecule has 3 rings (SSSR count). The van der Waals surface area contributed by atoms with Crippen molar-refractivity contribution >= 4 is 17.0 Å². The fraction of sp³-hybridized carbons (Fsp3) is 0.200. The summed E-state index contributed by atoms with van der Waals surface area (Å²) < 4.78 is 15.5. The van der Waals surface area contributed by atoms with Gasteiger partial charge >= 0.3 is 0 Å². The molecule has 0 unspecified atom stereocenters. The molecule has 2 N–H and O–H groups in total. The van der Waals surface area contributed by atoms with Crippen LogP contribution in [0.1, 0.15) is 16.7 Å². The summed E-state index contributed by atoms with van der Waals surface area (Å²) >= 11 is 0. The number of pyridine rings is 1. The number of nitrogens with zero attached hydrogens (tertiary/aromatic N) is 3. The number of aromatic nitrogens is 3. The molecule has 0 aliphatic heterocycles. The fourth-order valence-corrected chi connectivity index (χ4v) is 2.28. The molecular weight excluding hydrogens is 255 g/mol. The van der Waals surface area contributed by atoms with Crippen LogP contribution in [0.3, 0.4) is 0 Å². The van der Waals surface area contributed by atoms with E-state index < -0.39 is 0 Å². The summed E-state index contributed by atoms with van der Waals surface area (Å²) in [7, 11) is 0. The van der Waals surface area contributed by atoms with E-state index in [-0.39, 0.29) is 5.82 Å². The van der Waals surface area contributed by atoms with Gasteiger partial charge in [0.25, 0.3) is 0 Å². The van der Waals surface area contributed by atoms with Crippen molar-refractivity contribution in [2.24, 2.45) is 0 Å². The number of nitrogen functional groups attached to an aromatic ring is 1. The second-order valence-corrected chi connectivity index (χ2v) is 4.95. The maximum atomic E-state index is 13.6. The summed E-state index contributed by atoms with van der Waals surface area (Å²) in [6.07, 6.45) is 3.57. The average Bonchev–Trinajstić information content (AvgIpc) is 2.69. The zero-order valence-corrected chi connectivity index (χ0v) is 11.4. The van der Waals surface area contributed by atoms with Gasteiger partial charge in [0.2, 0.25) is 5.95 Å². The molecule has 0 bridgehead atoms. The Morgan fingerprint density at radius 3 is 2.80 bits per heavy atom. The van der Waals surface area contributed by atoms with Gasteiger partial charge in [-0.05, 0) is 42.7 Å². The minimum atomic E-state index is -0.262. The molecule has 0 radical (unpaired) electrons. The highest BCUT2D eigenvalue weighted by atomic mass is 19.1. The Balaban J connectivity index is 2.14. The molecular formula is C15H15FN4. The molecule has 0 aliphatic carbocycles. The third-order valence-electron chi connectivity index (χ3n) is 3.52. The van der Waals surface area contributed by atoms with E-state index in [0.717, 1.165) is 16.6 Å². The molecule has 0 saturated heterocycles. The first kappa shape index (κ1) is 12.6. The Morgan fingerprint density at radius 1 is 1.25 bits per heavy atom. The molecule has 2 aromatic heterocycles. The van der Waals surface area contributed by atoms with Gasteiger partial charge in [-0.2, -0.15) is 0 Å². The van der Waals surface area contributed by atoms with Gasteiger partial charge < -0.3 is 10.3 Å². The Labute approximate surface area is 116 Å². The van der Waals surface area contributed by atoms with Gasteiger partial charge in [-0.25, -0.2) is 9.37 Å². The molecule has 3 aromatic rings. The van der Waals surface area contributed by atoms with E-state index in [1.165, 1.54) is 6.07 Å². The monoisotopic (exact) mass is 270 g/mol. The Kier molecular flexibility index (Phi) is 2.89. The molecule has 0 aliphatic rings. The van der Waals surface area contributed by atoms with E-state index in [0.29, 0.717) is 23.6 Å². The van der Waals surface area contributed by atoms with E-state index in [2.05, 4.69) is 9.97 Å². The van der Waals surface area contributed by atoms with Gasteiger partial charge in [0.15, 0.2) is 0 Å². The van der Waals surface area contributed by atoms with E-state index in [1.807, 2.05) is 23.8 Å². The van der Waals surface area contributed by atoms with E-state index in [4.69, 9.17) is 5.73 Å². The SMILES string of the molecule is Cc1cc2c(cc1F)nc(N)n2Cc1ccncc1C. The second kappa shape index (κ2) is 4.59. The summed E-state index contributed by atoms with van der Waals surface area (Å²) in [5, 5.41) is 0. The van der Waals surface area contributed by atoms with Crippen LogP contribution in [0, 0.1) is 19.7 Å². The minimum Gasteiger partial charge on any atom is -0.369 e. The summed E-state index contributed by atoms with van der Waals surface area (Å²) in [4.78, 5) is 8.30. The number of anilines is 1.